The van der Waals surface area contributed by atoms with Gasteiger partial charge in [0.15, 0.2) is 11.7 Å². The highest BCUT2D eigenvalue weighted by atomic mass is 32.2. The topological polar surface area (TPSA) is 111 Å². The molecule has 9 heteroatoms. The summed E-state index contributed by atoms with van der Waals surface area (Å²) in [5, 5.41) is 3.65. The molecule has 0 radical (unpaired) electrons. The summed E-state index contributed by atoms with van der Waals surface area (Å²) in [6.45, 7) is 5.04. The Hall–Kier alpha value is -2.52. The molecule has 0 spiro atoms. The number of oxazole rings is 1. The first-order valence-electron chi connectivity index (χ1n) is 7.20. The van der Waals surface area contributed by atoms with Gasteiger partial charge in [-0.05, 0) is 26.0 Å². The number of sulfonamides is 1. The number of nitrogens with one attached hydrogen (secondary N) is 1. The van der Waals surface area contributed by atoms with Crippen LogP contribution in [0.3, 0.4) is 0 Å². The molecule has 24 heavy (non-hydrogen) atoms. The molecule has 0 saturated carbocycles. The predicted molar refractivity (Wildman–Crippen MR) is 84.4 cm³/mol. The number of aromatic nitrogens is 3. The summed E-state index contributed by atoms with van der Waals surface area (Å²) in [5.74, 6) is 1.21. The van der Waals surface area contributed by atoms with E-state index in [0.717, 1.165) is 5.56 Å². The summed E-state index contributed by atoms with van der Waals surface area (Å²) in [7, 11) is -3.71. The summed E-state index contributed by atoms with van der Waals surface area (Å²) >= 11 is 0. The van der Waals surface area contributed by atoms with Gasteiger partial charge in [-0.2, -0.15) is 9.71 Å². The Labute approximate surface area is 139 Å². The van der Waals surface area contributed by atoms with Crippen molar-refractivity contribution in [2.45, 2.75) is 31.7 Å². The zero-order chi connectivity index (χ0) is 17.3. The molecule has 3 rings (SSSR count). The highest BCUT2D eigenvalue weighted by Crippen LogP contribution is 2.22. The lowest BCUT2D eigenvalue weighted by molar-refractivity contribution is 0.351. The quantitative estimate of drug-likeness (QED) is 0.753. The Balaban J connectivity index is 1.79. The van der Waals surface area contributed by atoms with Gasteiger partial charge in [0.05, 0.1) is 10.9 Å². The second kappa shape index (κ2) is 6.17. The molecule has 0 aliphatic rings. The predicted octanol–water partition coefficient (Wildman–Crippen LogP) is 2.38. The molecule has 0 fully saturated rings. The molecule has 8 nitrogen and oxygen atoms in total. The summed E-state index contributed by atoms with van der Waals surface area (Å²) < 4.78 is 37.5. The molecule has 0 saturated heterocycles. The van der Waals surface area contributed by atoms with Crippen LogP contribution in [-0.4, -0.2) is 23.5 Å². The summed E-state index contributed by atoms with van der Waals surface area (Å²) in [6, 6.07) is 5.73. The van der Waals surface area contributed by atoms with Crippen LogP contribution in [0.4, 0.5) is 0 Å². The van der Waals surface area contributed by atoms with Crippen LogP contribution in [0.2, 0.25) is 0 Å². The van der Waals surface area contributed by atoms with Crippen molar-refractivity contribution in [3.8, 4) is 11.3 Å². The van der Waals surface area contributed by atoms with Gasteiger partial charge in [-0.25, -0.2) is 13.4 Å². The normalized spacial score (nSPS) is 13.1. The van der Waals surface area contributed by atoms with E-state index < -0.39 is 16.1 Å². The minimum atomic E-state index is -3.71. The van der Waals surface area contributed by atoms with Crippen LogP contribution < -0.4 is 4.72 Å². The maximum absolute atomic E-state index is 12.4. The van der Waals surface area contributed by atoms with Crippen molar-refractivity contribution in [2.24, 2.45) is 0 Å². The third-order valence-electron chi connectivity index (χ3n) is 3.33. The average molecular weight is 348 g/mol. The summed E-state index contributed by atoms with van der Waals surface area (Å²) in [6.07, 6.45) is 1.52. The Bertz CT molecular complexity index is 944. The van der Waals surface area contributed by atoms with Crippen LogP contribution in [0.1, 0.15) is 30.6 Å². The molecule has 1 unspecified atom stereocenters. The highest BCUT2D eigenvalue weighted by molar-refractivity contribution is 7.89. The van der Waals surface area contributed by atoms with Gasteiger partial charge in [0, 0.05) is 12.5 Å². The molecule has 1 atom stereocenters. The molecule has 2 aromatic heterocycles. The third kappa shape index (κ3) is 3.36. The van der Waals surface area contributed by atoms with Gasteiger partial charge in [-0.3, -0.25) is 0 Å². The fourth-order valence-corrected chi connectivity index (χ4v) is 3.34. The minimum Gasteiger partial charge on any atom is -0.449 e. The number of hydrogen-bond acceptors (Lipinski definition) is 7. The second-order valence-corrected chi connectivity index (χ2v) is 7.01. The van der Waals surface area contributed by atoms with Crippen LogP contribution >= 0.6 is 0 Å². The highest BCUT2D eigenvalue weighted by Gasteiger charge is 2.22. The Morgan fingerprint density at radius 3 is 2.38 bits per heavy atom. The van der Waals surface area contributed by atoms with E-state index in [1.165, 1.54) is 18.4 Å². The van der Waals surface area contributed by atoms with Crippen LogP contribution in [-0.2, 0) is 10.0 Å². The number of hydrogen-bond donors (Lipinski definition) is 1. The van der Waals surface area contributed by atoms with E-state index >= 15 is 0 Å². The van der Waals surface area contributed by atoms with E-state index in [2.05, 4.69) is 19.8 Å². The molecule has 0 aliphatic carbocycles. The number of rotatable bonds is 5. The lowest BCUT2D eigenvalue weighted by Crippen LogP contribution is -2.27. The van der Waals surface area contributed by atoms with Crippen molar-refractivity contribution in [3.63, 3.8) is 0 Å². The van der Waals surface area contributed by atoms with Crippen LogP contribution in [0.5, 0.6) is 0 Å². The van der Waals surface area contributed by atoms with Gasteiger partial charge in [-0.15, -0.1) is 0 Å². The van der Waals surface area contributed by atoms with Crippen molar-refractivity contribution in [1.29, 1.82) is 0 Å². The molecular formula is C15H16N4O4S. The molecule has 0 bridgehead atoms. The Morgan fingerprint density at radius 2 is 1.83 bits per heavy atom. The largest absolute Gasteiger partial charge is 0.449 e. The van der Waals surface area contributed by atoms with Crippen molar-refractivity contribution >= 4 is 10.0 Å². The third-order valence-corrected chi connectivity index (χ3v) is 4.88. The number of benzene rings is 1. The number of aryl methyl sites for hydroxylation is 2. The molecule has 0 aliphatic heterocycles. The SMILES string of the molecule is Cc1noc(C(C)NS(=O)(=O)c2ccc(-c3coc(C)n3)cc2)n1. The molecule has 126 valence electrons. The summed E-state index contributed by atoms with van der Waals surface area (Å²) in [5.41, 5.74) is 1.42. The lowest BCUT2D eigenvalue weighted by Gasteiger charge is -2.10. The standard InChI is InChI=1S/C15H16N4O4S/c1-9(15-16-10(2)18-23-15)19-24(20,21)13-6-4-12(5-7-13)14-8-22-11(3)17-14/h4-9,19H,1-3H3. The number of nitrogens with zero attached hydrogens (tertiary/aromatic N) is 3. The van der Waals surface area contributed by atoms with E-state index in [-0.39, 0.29) is 10.8 Å². The van der Waals surface area contributed by atoms with Gasteiger partial charge in [-0.1, -0.05) is 17.3 Å². The lowest BCUT2D eigenvalue weighted by atomic mass is 10.2. The van der Waals surface area contributed by atoms with E-state index in [0.29, 0.717) is 17.4 Å². The van der Waals surface area contributed by atoms with Crippen molar-refractivity contribution in [3.05, 3.63) is 48.1 Å². The Morgan fingerprint density at radius 1 is 1.12 bits per heavy atom. The maximum Gasteiger partial charge on any atom is 0.244 e. The molecule has 1 N–H and O–H groups in total. The van der Waals surface area contributed by atoms with E-state index in [1.807, 2.05) is 0 Å². The van der Waals surface area contributed by atoms with Gasteiger partial charge in [0.2, 0.25) is 15.9 Å². The summed E-state index contributed by atoms with van der Waals surface area (Å²) in [4.78, 5) is 8.36. The van der Waals surface area contributed by atoms with Gasteiger partial charge in [0.1, 0.15) is 12.0 Å². The minimum absolute atomic E-state index is 0.134. The molecule has 0 amide bonds. The molecular weight excluding hydrogens is 332 g/mol. The zero-order valence-corrected chi connectivity index (χ0v) is 14.2. The van der Waals surface area contributed by atoms with Crippen molar-refractivity contribution in [1.82, 2.24) is 19.8 Å². The fraction of sp³-hybridized carbons (Fsp3) is 0.267. The van der Waals surface area contributed by atoms with Crippen molar-refractivity contribution < 1.29 is 17.4 Å². The molecule has 1 aromatic carbocycles. The van der Waals surface area contributed by atoms with E-state index in [9.17, 15) is 8.42 Å². The molecule has 2 heterocycles. The first kappa shape index (κ1) is 16.3. The van der Waals surface area contributed by atoms with E-state index in [4.69, 9.17) is 8.94 Å². The van der Waals surface area contributed by atoms with Crippen LogP contribution in [0, 0.1) is 13.8 Å². The smallest absolute Gasteiger partial charge is 0.244 e. The fourth-order valence-electron chi connectivity index (χ4n) is 2.14. The van der Waals surface area contributed by atoms with Gasteiger partial charge in [0.25, 0.3) is 0 Å². The first-order valence-corrected chi connectivity index (χ1v) is 8.68. The zero-order valence-electron chi connectivity index (χ0n) is 13.3. The van der Waals surface area contributed by atoms with Gasteiger partial charge >= 0.3 is 0 Å². The average Bonchev–Trinajstić information content (AvgIpc) is 3.16. The maximum atomic E-state index is 12.4. The Kier molecular flexibility index (Phi) is 4.20. The van der Waals surface area contributed by atoms with Crippen LogP contribution in [0.25, 0.3) is 11.3 Å². The first-order chi connectivity index (χ1) is 11.3. The monoisotopic (exact) mass is 348 g/mol. The van der Waals surface area contributed by atoms with Crippen molar-refractivity contribution in [2.75, 3.05) is 0 Å². The van der Waals surface area contributed by atoms with Crippen LogP contribution in [0.15, 0.2) is 44.4 Å². The second-order valence-electron chi connectivity index (χ2n) is 5.30. The van der Waals surface area contributed by atoms with Gasteiger partial charge < -0.3 is 8.94 Å². The molecule has 3 aromatic rings. The van der Waals surface area contributed by atoms with E-state index in [1.54, 1.807) is 32.9 Å².